The molecule has 2 N–H and O–H groups in total. The van der Waals surface area contributed by atoms with Crippen LogP contribution in [0.2, 0.25) is 0 Å². The van der Waals surface area contributed by atoms with Gasteiger partial charge in [0.15, 0.2) is 5.82 Å². The second-order valence-corrected chi connectivity index (χ2v) is 5.53. The lowest BCUT2D eigenvalue weighted by atomic mass is 10.1. The quantitative estimate of drug-likeness (QED) is 0.922. The second kappa shape index (κ2) is 6.13. The van der Waals surface area contributed by atoms with Gasteiger partial charge in [-0.1, -0.05) is 13.8 Å². The number of methoxy groups -OCH3 is 1. The zero-order chi connectivity index (χ0) is 14.7. The maximum atomic E-state index is 5.93. The van der Waals surface area contributed by atoms with E-state index in [1.54, 1.807) is 13.2 Å². The summed E-state index contributed by atoms with van der Waals surface area (Å²) in [7, 11) is 1.55. The lowest BCUT2D eigenvalue weighted by Crippen LogP contribution is -2.06. The molecule has 0 aliphatic carbocycles. The van der Waals surface area contributed by atoms with Crippen LogP contribution in [0, 0.1) is 5.92 Å². The monoisotopic (exact) mass is 337 g/mol. The molecule has 0 spiro atoms. The molecule has 0 saturated heterocycles. The van der Waals surface area contributed by atoms with Crippen LogP contribution in [0.25, 0.3) is 11.5 Å². The molecule has 2 aromatic heterocycles. The molecule has 0 fully saturated rings. The molecule has 0 saturated carbocycles. The Morgan fingerprint density at radius 2 is 2.05 bits per heavy atom. The highest BCUT2D eigenvalue weighted by atomic mass is 79.9. The fourth-order valence-corrected chi connectivity index (χ4v) is 2.06. The first kappa shape index (κ1) is 14.6. The van der Waals surface area contributed by atoms with Gasteiger partial charge in [-0.05, 0) is 28.3 Å². The summed E-state index contributed by atoms with van der Waals surface area (Å²) in [6, 6.07) is 1.68. The van der Waals surface area contributed by atoms with Crippen LogP contribution in [0.1, 0.15) is 19.5 Å². The molecular formula is C13H16BrN5O. The molecule has 2 aromatic rings. The highest BCUT2D eigenvalue weighted by Crippen LogP contribution is 2.26. The summed E-state index contributed by atoms with van der Waals surface area (Å²) in [6.07, 6.45) is 2.22. The number of aromatic nitrogens is 4. The SMILES string of the molecule is COc1cc(-c2nc(N)c(Br)c(CC(C)C)n2)ncn1. The van der Waals surface area contributed by atoms with Crippen LogP contribution in [0.4, 0.5) is 5.82 Å². The van der Waals surface area contributed by atoms with Crippen molar-refractivity contribution in [2.24, 2.45) is 5.92 Å². The van der Waals surface area contributed by atoms with Crippen molar-refractivity contribution in [2.45, 2.75) is 20.3 Å². The minimum Gasteiger partial charge on any atom is -0.481 e. The van der Waals surface area contributed by atoms with Gasteiger partial charge in [-0.3, -0.25) is 0 Å². The van der Waals surface area contributed by atoms with Crippen LogP contribution in [-0.4, -0.2) is 27.0 Å². The van der Waals surface area contributed by atoms with Gasteiger partial charge in [0.1, 0.15) is 17.8 Å². The molecule has 6 nitrogen and oxygen atoms in total. The average Bonchev–Trinajstić information content (AvgIpc) is 2.43. The summed E-state index contributed by atoms with van der Waals surface area (Å²) in [4.78, 5) is 16.9. The molecule has 0 unspecified atom stereocenters. The number of halogens is 1. The summed E-state index contributed by atoms with van der Waals surface area (Å²) in [5.74, 6) is 1.81. The van der Waals surface area contributed by atoms with Gasteiger partial charge >= 0.3 is 0 Å². The summed E-state index contributed by atoms with van der Waals surface area (Å²) >= 11 is 3.44. The van der Waals surface area contributed by atoms with E-state index >= 15 is 0 Å². The van der Waals surface area contributed by atoms with Gasteiger partial charge in [-0.15, -0.1) is 0 Å². The van der Waals surface area contributed by atoms with Gasteiger partial charge in [0.05, 0.1) is 17.3 Å². The normalized spacial score (nSPS) is 10.8. The van der Waals surface area contributed by atoms with Crippen molar-refractivity contribution in [1.82, 2.24) is 19.9 Å². The third kappa shape index (κ3) is 3.22. The maximum absolute atomic E-state index is 5.93. The molecule has 0 atom stereocenters. The predicted molar refractivity (Wildman–Crippen MR) is 80.3 cm³/mol. The van der Waals surface area contributed by atoms with Gasteiger partial charge in [-0.2, -0.15) is 0 Å². The highest BCUT2D eigenvalue weighted by Gasteiger charge is 2.14. The standard InChI is InChI=1S/C13H16BrN5O/c1-7(2)4-8-11(14)12(15)19-13(18-8)9-5-10(20-3)17-6-16-9/h5-7H,4H2,1-3H3,(H2,15,18,19). The smallest absolute Gasteiger partial charge is 0.216 e. The molecule has 0 aliphatic rings. The Hall–Kier alpha value is -1.76. The average molecular weight is 338 g/mol. The van der Waals surface area contributed by atoms with Crippen LogP contribution in [0.5, 0.6) is 5.88 Å². The number of hydrogen-bond acceptors (Lipinski definition) is 6. The number of ether oxygens (including phenoxy) is 1. The van der Waals surface area contributed by atoms with Crippen molar-refractivity contribution < 1.29 is 4.74 Å². The minimum atomic E-state index is 0.406. The lowest BCUT2D eigenvalue weighted by molar-refractivity contribution is 0.397. The van der Waals surface area contributed by atoms with Crippen molar-refractivity contribution in [1.29, 1.82) is 0 Å². The van der Waals surface area contributed by atoms with E-state index in [0.717, 1.165) is 16.6 Å². The lowest BCUT2D eigenvalue weighted by Gasteiger charge is -2.10. The van der Waals surface area contributed by atoms with Crippen LogP contribution in [0.3, 0.4) is 0 Å². The summed E-state index contributed by atoms with van der Waals surface area (Å²) in [6.45, 7) is 4.25. The van der Waals surface area contributed by atoms with Crippen molar-refractivity contribution >= 4 is 21.7 Å². The van der Waals surface area contributed by atoms with E-state index in [1.807, 2.05) is 0 Å². The topological polar surface area (TPSA) is 86.8 Å². The predicted octanol–water partition coefficient (Wildman–Crippen LogP) is 2.49. The largest absolute Gasteiger partial charge is 0.481 e. The maximum Gasteiger partial charge on any atom is 0.216 e. The summed E-state index contributed by atoms with van der Waals surface area (Å²) in [5.41, 5.74) is 7.39. The fraction of sp³-hybridized carbons (Fsp3) is 0.385. The first-order valence-corrected chi connectivity index (χ1v) is 6.98. The van der Waals surface area contributed by atoms with E-state index in [4.69, 9.17) is 10.5 Å². The molecule has 0 radical (unpaired) electrons. The van der Waals surface area contributed by atoms with Gasteiger partial charge < -0.3 is 10.5 Å². The molecule has 0 amide bonds. The number of nitrogens with zero attached hydrogens (tertiary/aromatic N) is 4. The Bertz CT molecular complexity index is 618. The Morgan fingerprint density at radius 3 is 2.70 bits per heavy atom. The highest BCUT2D eigenvalue weighted by molar-refractivity contribution is 9.10. The molecule has 0 bridgehead atoms. The molecular weight excluding hydrogens is 322 g/mol. The zero-order valence-corrected chi connectivity index (χ0v) is 13.2. The van der Waals surface area contributed by atoms with Crippen LogP contribution in [0.15, 0.2) is 16.9 Å². The van der Waals surface area contributed by atoms with Crippen LogP contribution < -0.4 is 10.5 Å². The first-order chi connectivity index (χ1) is 9.51. The first-order valence-electron chi connectivity index (χ1n) is 6.19. The van der Waals surface area contributed by atoms with E-state index in [0.29, 0.717) is 29.1 Å². The van der Waals surface area contributed by atoms with Crippen molar-refractivity contribution in [3.05, 3.63) is 22.6 Å². The second-order valence-electron chi connectivity index (χ2n) is 4.74. The van der Waals surface area contributed by atoms with Crippen molar-refractivity contribution in [3.63, 3.8) is 0 Å². The Kier molecular flexibility index (Phi) is 4.49. The molecule has 106 valence electrons. The van der Waals surface area contributed by atoms with Crippen LogP contribution in [-0.2, 0) is 6.42 Å². The molecule has 7 heteroatoms. The third-order valence-corrected chi connectivity index (χ3v) is 3.49. The number of hydrogen-bond donors (Lipinski definition) is 1. The van der Waals surface area contributed by atoms with Gasteiger partial charge in [0.25, 0.3) is 0 Å². The summed E-state index contributed by atoms with van der Waals surface area (Å²) < 4.78 is 5.82. The minimum absolute atomic E-state index is 0.406. The van der Waals surface area contributed by atoms with Gasteiger partial charge in [0.2, 0.25) is 5.88 Å². The molecule has 2 heterocycles. The Balaban J connectivity index is 2.48. The van der Waals surface area contributed by atoms with Crippen molar-refractivity contribution in [3.8, 4) is 17.4 Å². The van der Waals surface area contributed by atoms with Crippen molar-refractivity contribution in [2.75, 3.05) is 12.8 Å². The van der Waals surface area contributed by atoms with E-state index in [1.165, 1.54) is 6.33 Å². The molecule has 2 rings (SSSR count). The molecule has 0 aliphatic heterocycles. The van der Waals surface area contributed by atoms with E-state index in [-0.39, 0.29) is 0 Å². The fourth-order valence-electron chi connectivity index (χ4n) is 1.72. The summed E-state index contributed by atoms with van der Waals surface area (Å²) in [5, 5.41) is 0. The van der Waals surface area contributed by atoms with E-state index in [9.17, 15) is 0 Å². The van der Waals surface area contributed by atoms with Gasteiger partial charge in [-0.25, -0.2) is 19.9 Å². The number of nitrogens with two attached hydrogens (primary N) is 1. The van der Waals surface area contributed by atoms with E-state index in [2.05, 4.69) is 49.7 Å². The van der Waals surface area contributed by atoms with E-state index < -0.39 is 0 Å². The molecule has 0 aromatic carbocycles. The van der Waals surface area contributed by atoms with Crippen LogP contribution >= 0.6 is 15.9 Å². The van der Waals surface area contributed by atoms with Gasteiger partial charge in [0, 0.05) is 6.07 Å². The number of nitrogen functional groups attached to an aromatic ring is 1. The Labute approximate surface area is 126 Å². The zero-order valence-electron chi connectivity index (χ0n) is 11.6. The number of anilines is 1. The third-order valence-electron chi connectivity index (χ3n) is 2.63. The number of rotatable bonds is 4. The Morgan fingerprint density at radius 1 is 1.30 bits per heavy atom. The molecule has 20 heavy (non-hydrogen) atoms.